The predicted molar refractivity (Wildman–Crippen MR) is 136 cm³/mol. The van der Waals surface area contributed by atoms with Gasteiger partial charge in [0, 0.05) is 25.2 Å². The average Bonchev–Trinajstić information content (AvgIpc) is 3.18. The number of aromatic nitrogens is 3. The van der Waals surface area contributed by atoms with Crippen molar-refractivity contribution < 1.29 is 18.9 Å². The third-order valence-electron chi connectivity index (χ3n) is 5.82. The lowest BCUT2D eigenvalue weighted by Gasteiger charge is -2.22. The highest BCUT2D eigenvalue weighted by atomic mass is 16.5. The molecular weight excluding hydrogens is 448 g/mol. The molecule has 4 rings (SSSR count). The zero-order valence-electron chi connectivity index (χ0n) is 20.6. The smallest absolute Gasteiger partial charge is 0.233 e. The van der Waals surface area contributed by atoms with E-state index in [1.807, 2.05) is 36.4 Å². The molecule has 10 nitrogen and oxygen atoms in total. The topological polar surface area (TPSA) is 103 Å². The lowest BCUT2D eigenvalue weighted by atomic mass is 10.2. The summed E-state index contributed by atoms with van der Waals surface area (Å²) in [4.78, 5) is 16.3. The molecule has 0 amide bonds. The first kappa shape index (κ1) is 24.2. The van der Waals surface area contributed by atoms with E-state index in [0.717, 1.165) is 25.9 Å². The van der Waals surface area contributed by atoms with Crippen molar-refractivity contribution in [2.45, 2.75) is 25.7 Å². The van der Waals surface area contributed by atoms with Gasteiger partial charge in [-0.25, -0.2) is 0 Å². The van der Waals surface area contributed by atoms with Crippen LogP contribution in [0.2, 0.25) is 0 Å². The van der Waals surface area contributed by atoms with Crippen molar-refractivity contribution in [3.05, 3.63) is 36.4 Å². The normalized spacial score (nSPS) is 13.5. The van der Waals surface area contributed by atoms with Crippen LogP contribution in [0.1, 0.15) is 25.7 Å². The zero-order chi connectivity index (χ0) is 24.6. The van der Waals surface area contributed by atoms with Crippen molar-refractivity contribution in [3.8, 4) is 23.0 Å². The third kappa shape index (κ3) is 5.95. The molecule has 2 heterocycles. The number of anilines is 5. The maximum atomic E-state index is 5.52. The third-order valence-corrected chi connectivity index (χ3v) is 5.82. The second kappa shape index (κ2) is 11.5. The largest absolute Gasteiger partial charge is 0.497 e. The van der Waals surface area contributed by atoms with Gasteiger partial charge < -0.3 is 34.5 Å². The summed E-state index contributed by atoms with van der Waals surface area (Å²) < 4.78 is 21.8. The summed E-state index contributed by atoms with van der Waals surface area (Å²) in [6.45, 7) is 1.79. The Balaban J connectivity index is 1.73. The Bertz CT molecular complexity index is 1060. The van der Waals surface area contributed by atoms with E-state index in [4.69, 9.17) is 28.9 Å². The molecule has 1 fully saturated rings. The molecule has 0 spiro atoms. The number of hydrogen-bond acceptors (Lipinski definition) is 10. The lowest BCUT2D eigenvalue weighted by Crippen LogP contribution is -2.26. The fourth-order valence-electron chi connectivity index (χ4n) is 3.95. The maximum Gasteiger partial charge on any atom is 0.233 e. The van der Waals surface area contributed by atoms with Crippen molar-refractivity contribution in [1.82, 2.24) is 15.0 Å². The van der Waals surface area contributed by atoms with E-state index in [0.29, 0.717) is 52.2 Å². The van der Waals surface area contributed by atoms with Gasteiger partial charge in [0.2, 0.25) is 17.8 Å². The van der Waals surface area contributed by atoms with Gasteiger partial charge in [0.1, 0.15) is 23.0 Å². The summed E-state index contributed by atoms with van der Waals surface area (Å²) in [5, 5.41) is 6.56. The van der Waals surface area contributed by atoms with Crippen LogP contribution >= 0.6 is 0 Å². The Morgan fingerprint density at radius 2 is 1.11 bits per heavy atom. The summed E-state index contributed by atoms with van der Waals surface area (Å²) >= 11 is 0. The van der Waals surface area contributed by atoms with E-state index in [1.54, 1.807) is 28.4 Å². The van der Waals surface area contributed by atoms with Gasteiger partial charge in [-0.1, -0.05) is 12.8 Å². The number of ether oxygens (including phenoxy) is 4. The molecule has 0 radical (unpaired) electrons. The highest BCUT2D eigenvalue weighted by Gasteiger charge is 2.18. The number of nitrogens with zero attached hydrogens (tertiary/aromatic N) is 4. The fraction of sp³-hybridized carbons (Fsp3) is 0.400. The van der Waals surface area contributed by atoms with Crippen molar-refractivity contribution in [1.29, 1.82) is 0 Å². The van der Waals surface area contributed by atoms with Crippen LogP contribution in [0, 0.1) is 0 Å². The van der Waals surface area contributed by atoms with Gasteiger partial charge in [-0.15, -0.1) is 0 Å². The molecule has 0 unspecified atom stereocenters. The minimum atomic E-state index is 0.384. The average molecular weight is 481 g/mol. The number of rotatable bonds is 9. The first-order valence-corrected chi connectivity index (χ1v) is 11.6. The molecule has 0 aliphatic carbocycles. The molecule has 0 atom stereocenters. The van der Waals surface area contributed by atoms with Crippen molar-refractivity contribution >= 4 is 29.2 Å². The molecule has 1 aromatic heterocycles. The minimum absolute atomic E-state index is 0.384. The first-order chi connectivity index (χ1) is 17.1. The number of hydrogen-bond donors (Lipinski definition) is 2. The van der Waals surface area contributed by atoms with Gasteiger partial charge in [0.25, 0.3) is 0 Å². The second-order valence-corrected chi connectivity index (χ2v) is 8.07. The molecule has 1 aliphatic rings. The van der Waals surface area contributed by atoms with Gasteiger partial charge in [-0.05, 0) is 37.1 Å². The van der Waals surface area contributed by atoms with Gasteiger partial charge in [0.05, 0.1) is 39.8 Å². The standard InChI is InChI=1S/C25H32N6O4/c1-32-17-9-11-21(34-3)19(15-17)26-23-28-24(27-20-16-18(33-2)10-12-22(20)35-4)30-25(29-23)31-13-7-5-6-8-14-31/h9-12,15-16H,5-8,13-14H2,1-4H3,(H2,26,27,28,29,30). The molecule has 3 aromatic rings. The molecule has 2 N–H and O–H groups in total. The minimum Gasteiger partial charge on any atom is -0.497 e. The monoisotopic (exact) mass is 480 g/mol. The Hall–Kier alpha value is -3.95. The highest BCUT2D eigenvalue weighted by molar-refractivity contribution is 5.68. The van der Waals surface area contributed by atoms with Crippen molar-refractivity contribution in [3.63, 3.8) is 0 Å². The van der Waals surface area contributed by atoms with E-state index in [1.165, 1.54) is 12.8 Å². The van der Waals surface area contributed by atoms with E-state index in [2.05, 4.69) is 20.5 Å². The van der Waals surface area contributed by atoms with Crippen LogP contribution in [-0.2, 0) is 0 Å². The van der Waals surface area contributed by atoms with Gasteiger partial charge in [0.15, 0.2) is 0 Å². The summed E-state index contributed by atoms with van der Waals surface area (Å²) in [5.41, 5.74) is 1.37. The summed E-state index contributed by atoms with van der Waals surface area (Å²) in [6, 6.07) is 11.0. The number of benzene rings is 2. The second-order valence-electron chi connectivity index (χ2n) is 8.07. The molecule has 1 aliphatic heterocycles. The van der Waals surface area contributed by atoms with Crippen molar-refractivity contribution in [2.24, 2.45) is 0 Å². The fourth-order valence-corrected chi connectivity index (χ4v) is 3.95. The highest BCUT2D eigenvalue weighted by Crippen LogP contribution is 2.33. The van der Waals surface area contributed by atoms with Crippen LogP contribution in [0.25, 0.3) is 0 Å². The predicted octanol–water partition coefficient (Wildman–Crippen LogP) is 4.77. The molecule has 35 heavy (non-hydrogen) atoms. The van der Waals surface area contributed by atoms with Gasteiger partial charge in [-0.3, -0.25) is 0 Å². The van der Waals surface area contributed by atoms with E-state index >= 15 is 0 Å². The molecule has 186 valence electrons. The Morgan fingerprint density at radius 1 is 0.629 bits per heavy atom. The Labute approximate surface area is 205 Å². The SMILES string of the molecule is COc1ccc(OC)c(Nc2nc(Nc3cc(OC)ccc3OC)nc(N3CCCCCC3)n2)c1. The van der Waals surface area contributed by atoms with Crippen LogP contribution in [0.5, 0.6) is 23.0 Å². The summed E-state index contributed by atoms with van der Waals surface area (Å²) in [5.74, 6) is 4.04. The van der Waals surface area contributed by atoms with Crippen LogP contribution in [-0.4, -0.2) is 56.5 Å². The maximum absolute atomic E-state index is 5.52. The zero-order valence-corrected chi connectivity index (χ0v) is 20.6. The molecule has 10 heteroatoms. The molecule has 0 saturated carbocycles. The Kier molecular flexibility index (Phi) is 7.92. The molecule has 0 bridgehead atoms. The quantitative estimate of drug-likeness (QED) is 0.445. The lowest BCUT2D eigenvalue weighted by molar-refractivity contribution is 0.404. The summed E-state index contributed by atoms with van der Waals surface area (Å²) in [7, 11) is 6.47. The molecule has 2 aromatic carbocycles. The Morgan fingerprint density at radius 3 is 1.54 bits per heavy atom. The molecule has 1 saturated heterocycles. The first-order valence-electron chi connectivity index (χ1n) is 11.6. The van der Waals surface area contributed by atoms with E-state index in [-0.39, 0.29) is 0 Å². The number of methoxy groups -OCH3 is 4. The van der Waals surface area contributed by atoms with E-state index in [9.17, 15) is 0 Å². The molecular formula is C25H32N6O4. The van der Waals surface area contributed by atoms with Crippen LogP contribution in [0.4, 0.5) is 29.2 Å². The summed E-state index contributed by atoms with van der Waals surface area (Å²) in [6.07, 6.45) is 4.62. The number of nitrogens with one attached hydrogen (secondary N) is 2. The van der Waals surface area contributed by atoms with Crippen LogP contribution in [0.3, 0.4) is 0 Å². The van der Waals surface area contributed by atoms with Crippen LogP contribution in [0.15, 0.2) is 36.4 Å². The van der Waals surface area contributed by atoms with Crippen molar-refractivity contribution in [2.75, 3.05) is 57.1 Å². The van der Waals surface area contributed by atoms with Gasteiger partial charge >= 0.3 is 0 Å². The van der Waals surface area contributed by atoms with Crippen LogP contribution < -0.4 is 34.5 Å². The van der Waals surface area contributed by atoms with E-state index < -0.39 is 0 Å². The van der Waals surface area contributed by atoms with Gasteiger partial charge in [-0.2, -0.15) is 15.0 Å².